The van der Waals surface area contributed by atoms with E-state index in [-0.39, 0.29) is 17.6 Å². The molecule has 1 aromatic rings. The Morgan fingerprint density at radius 3 is 2.27 bits per heavy atom. The van der Waals surface area contributed by atoms with Gasteiger partial charge in [-0.05, 0) is 50.2 Å². The lowest BCUT2D eigenvalue weighted by atomic mass is 9.96. The summed E-state index contributed by atoms with van der Waals surface area (Å²) >= 11 is 0. The third kappa shape index (κ3) is 3.75. The fraction of sp³-hybridized carbons (Fsp3) is 0.600. The van der Waals surface area contributed by atoms with Crippen molar-refractivity contribution in [3.8, 4) is 17.2 Å². The van der Waals surface area contributed by atoms with Crippen LogP contribution in [0.4, 0.5) is 17.6 Å². The minimum atomic E-state index is -4.99. The van der Waals surface area contributed by atoms with Crippen LogP contribution in [0.5, 0.6) is 17.2 Å². The number of halogens is 4. The Labute approximate surface area is 125 Å². The van der Waals surface area contributed by atoms with Gasteiger partial charge in [-0.15, -0.1) is 13.2 Å². The highest BCUT2D eigenvalue weighted by Crippen LogP contribution is 2.41. The fourth-order valence-electron chi connectivity index (χ4n) is 2.10. The van der Waals surface area contributed by atoms with E-state index in [1.807, 2.05) is 0 Å². The first-order chi connectivity index (χ1) is 10.4. The second-order valence-electron chi connectivity index (χ2n) is 5.68. The van der Waals surface area contributed by atoms with Gasteiger partial charge in [-0.2, -0.15) is 4.39 Å². The molecule has 0 aliphatic heterocycles. The summed E-state index contributed by atoms with van der Waals surface area (Å²) in [5.74, 6) is -2.25. The Hall–Kier alpha value is -1.66. The van der Waals surface area contributed by atoms with Gasteiger partial charge < -0.3 is 14.2 Å². The largest absolute Gasteiger partial charge is 0.573 e. The summed E-state index contributed by atoms with van der Waals surface area (Å²) < 4.78 is 66.2. The summed E-state index contributed by atoms with van der Waals surface area (Å²) in [6, 6.07) is 2.56. The monoisotopic (exact) mass is 320 g/mol. The van der Waals surface area contributed by atoms with Crippen molar-refractivity contribution in [3.63, 3.8) is 0 Å². The van der Waals surface area contributed by atoms with Gasteiger partial charge in [-0.3, -0.25) is 0 Å². The van der Waals surface area contributed by atoms with Gasteiger partial charge in [0.25, 0.3) is 0 Å². The molecule has 0 aromatic heterocycles. The number of ether oxygens (including phenoxy) is 3. The SMILES string of the molecule is Fc1c(OCC2CC2)ccc(OC2CCC2)c1OC(F)(F)F. The summed E-state index contributed by atoms with van der Waals surface area (Å²) in [6.07, 6.45) is -0.751. The van der Waals surface area contributed by atoms with Crippen molar-refractivity contribution in [3.05, 3.63) is 17.9 Å². The first-order valence-corrected chi connectivity index (χ1v) is 7.30. The predicted molar refractivity (Wildman–Crippen MR) is 69.6 cm³/mol. The molecular weight excluding hydrogens is 304 g/mol. The van der Waals surface area contributed by atoms with Crippen LogP contribution >= 0.6 is 0 Å². The molecule has 0 spiro atoms. The van der Waals surface area contributed by atoms with Crippen LogP contribution in [0.2, 0.25) is 0 Å². The smallest absolute Gasteiger partial charge is 0.490 e. The molecule has 122 valence electrons. The molecule has 2 saturated carbocycles. The first kappa shape index (κ1) is 15.2. The third-order valence-corrected chi connectivity index (χ3v) is 3.76. The summed E-state index contributed by atoms with van der Waals surface area (Å²) in [5, 5.41) is 0. The number of benzene rings is 1. The maximum absolute atomic E-state index is 14.3. The number of rotatable bonds is 6. The summed E-state index contributed by atoms with van der Waals surface area (Å²) in [7, 11) is 0. The molecule has 3 rings (SSSR count). The van der Waals surface area contributed by atoms with E-state index in [0.29, 0.717) is 12.5 Å². The minimum Gasteiger partial charge on any atom is -0.490 e. The van der Waals surface area contributed by atoms with E-state index >= 15 is 0 Å². The highest BCUT2D eigenvalue weighted by atomic mass is 19.4. The van der Waals surface area contributed by atoms with Crippen LogP contribution in [0.25, 0.3) is 0 Å². The van der Waals surface area contributed by atoms with Crippen LogP contribution in [0.1, 0.15) is 32.1 Å². The Morgan fingerprint density at radius 1 is 1.05 bits per heavy atom. The molecule has 0 bridgehead atoms. The molecule has 3 nitrogen and oxygen atoms in total. The quantitative estimate of drug-likeness (QED) is 0.725. The van der Waals surface area contributed by atoms with E-state index < -0.39 is 17.9 Å². The molecule has 0 saturated heterocycles. The zero-order valence-electron chi connectivity index (χ0n) is 11.8. The summed E-state index contributed by atoms with van der Waals surface area (Å²) in [4.78, 5) is 0. The lowest BCUT2D eigenvalue weighted by Gasteiger charge is -2.27. The molecule has 2 aliphatic carbocycles. The molecule has 0 amide bonds. The summed E-state index contributed by atoms with van der Waals surface area (Å²) in [5.41, 5.74) is 0. The van der Waals surface area contributed by atoms with E-state index in [4.69, 9.17) is 9.47 Å². The van der Waals surface area contributed by atoms with Crippen LogP contribution in [-0.4, -0.2) is 19.1 Å². The van der Waals surface area contributed by atoms with E-state index in [0.717, 1.165) is 32.1 Å². The fourth-order valence-corrected chi connectivity index (χ4v) is 2.10. The van der Waals surface area contributed by atoms with Crippen LogP contribution in [-0.2, 0) is 0 Å². The molecular formula is C15H16F4O3. The van der Waals surface area contributed by atoms with Crippen LogP contribution < -0.4 is 14.2 Å². The van der Waals surface area contributed by atoms with Crippen molar-refractivity contribution in [1.82, 2.24) is 0 Å². The molecule has 2 fully saturated rings. The normalized spacial score (nSPS) is 18.7. The van der Waals surface area contributed by atoms with Crippen LogP contribution in [0.15, 0.2) is 12.1 Å². The van der Waals surface area contributed by atoms with Crippen LogP contribution in [0.3, 0.4) is 0 Å². The van der Waals surface area contributed by atoms with Crippen molar-refractivity contribution in [1.29, 1.82) is 0 Å². The number of hydrogen-bond acceptors (Lipinski definition) is 3. The maximum atomic E-state index is 14.3. The van der Waals surface area contributed by atoms with Crippen molar-refractivity contribution in [2.45, 2.75) is 44.6 Å². The van der Waals surface area contributed by atoms with Gasteiger partial charge in [0.2, 0.25) is 11.6 Å². The lowest BCUT2D eigenvalue weighted by molar-refractivity contribution is -0.276. The zero-order chi connectivity index (χ0) is 15.7. The summed E-state index contributed by atoms with van der Waals surface area (Å²) in [6.45, 7) is 0.297. The van der Waals surface area contributed by atoms with Gasteiger partial charge in [0.05, 0.1) is 12.7 Å². The molecule has 7 heteroatoms. The second kappa shape index (κ2) is 5.85. The molecule has 0 radical (unpaired) electrons. The van der Waals surface area contributed by atoms with Gasteiger partial charge in [0.15, 0.2) is 11.5 Å². The van der Waals surface area contributed by atoms with Gasteiger partial charge in [-0.25, -0.2) is 0 Å². The lowest BCUT2D eigenvalue weighted by Crippen LogP contribution is -2.26. The topological polar surface area (TPSA) is 27.7 Å². The van der Waals surface area contributed by atoms with Crippen molar-refractivity contribution in [2.75, 3.05) is 6.61 Å². The Kier molecular flexibility index (Phi) is 4.06. The van der Waals surface area contributed by atoms with Crippen molar-refractivity contribution < 1.29 is 31.8 Å². The molecule has 22 heavy (non-hydrogen) atoms. The molecule has 0 heterocycles. The highest BCUT2D eigenvalue weighted by Gasteiger charge is 2.36. The first-order valence-electron chi connectivity index (χ1n) is 7.30. The highest BCUT2D eigenvalue weighted by molar-refractivity contribution is 5.47. The Bertz CT molecular complexity index is 536. The molecule has 1 aromatic carbocycles. The Balaban J connectivity index is 1.81. The van der Waals surface area contributed by atoms with Gasteiger partial charge in [-0.1, -0.05) is 0 Å². The second-order valence-corrected chi connectivity index (χ2v) is 5.68. The average molecular weight is 320 g/mol. The van der Waals surface area contributed by atoms with Crippen molar-refractivity contribution in [2.24, 2.45) is 5.92 Å². The molecule has 0 N–H and O–H groups in total. The Morgan fingerprint density at radius 2 is 1.73 bits per heavy atom. The predicted octanol–water partition coefficient (Wildman–Crippen LogP) is 4.44. The van der Waals surface area contributed by atoms with E-state index in [9.17, 15) is 17.6 Å². The number of alkyl halides is 3. The van der Waals surface area contributed by atoms with E-state index in [1.54, 1.807) is 0 Å². The van der Waals surface area contributed by atoms with Crippen LogP contribution in [0, 0.1) is 11.7 Å². The minimum absolute atomic E-state index is 0.187. The van der Waals surface area contributed by atoms with Gasteiger partial charge in [0, 0.05) is 0 Å². The zero-order valence-corrected chi connectivity index (χ0v) is 11.8. The van der Waals surface area contributed by atoms with E-state index in [2.05, 4.69) is 4.74 Å². The van der Waals surface area contributed by atoms with Crippen molar-refractivity contribution >= 4 is 0 Å². The van der Waals surface area contributed by atoms with E-state index in [1.165, 1.54) is 12.1 Å². The number of hydrogen-bond donors (Lipinski definition) is 0. The standard InChI is InChI=1S/C15H16F4O3/c16-13-11(20-8-9-4-5-9)6-7-12(21-10-2-1-3-10)14(13)22-15(17,18)19/h6-7,9-10H,1-5,8H2. The molecule has 0 atom stereocenters. The maximum Gasteiger partial charge on any atom is 0.573 e. The van der Waals surface area contributed by atoms with Gasteiger partial charge >= 0.3 is 6.36 Å². The molecule has 2 aliphatic rings. The average Bonchev–Trinajstić information content (AvgIpc) is 3.19. The third-order valence-electron chi connectivity index (χ3n) is 3.76. The van der Waals surface area contributed by atoms with Gasteiger partial charge in [0.1, 0.15) is 0 Å². The molecule has 0 unspecified atom stereocenters.